The van der Waals surface area contributed by atoms with E-state index in [0.29, 0.717) is 0 Å². The maximum Gasteiger partial charge on any atom is 0.124 e. The zero-order valence-corrected chi connectivity index (χ0v) is 11.0. The van der Waals surface area contributed by atoms with Gasteiger partial charge in [-0.05, 0) is 31.0 Å². The van der Waals surface area contributed by atoms with Gasteiger partial charge in [0.2, 0.25) is 0 Å². The van der Waals surface area contributed by atoms with E-state index in [0.717, 1.165) is 16.5 Å². The second-order valence-electron chi connectivity index (χ2n) is 3.68. The molecule has 3 heteroatoms. The third-order valence-corrected chi connectivity index (χ3v) is 3.18. The minimum Gasteiger partial charge on any atom is -0.297 e. The van der Waals surface area contributed by atoms with Crippen molar-refractivity contribution in [2.75, 3.05) is 0 Å². The first-order valence-electron chi connectivity index (χ1n) is 5.25. The Morgan fingerprint density at radius 3 is 2.75 bits per heavy atom. The van der Waals surface area contributed by atoms with Crippen molar-refractivity contribution in [2.45, 2.75) is 32.4 Å². The van der Waals surface area contributed by atoms with Crippen molar-refractivity contribution in [3.63, 3.8) is 0 Å². The van der Waals surface area contributed by atoms with Crippen molar-refractivity contribution >= 4 is 15.9 Å². The lowest BCUT2D eigenvalue weighted by Gasteiger charge is -2.19. The second-order valence-corrected chi connectivity index (χ2v) is 4.54. The summed E-state index contributed by atoms with van der Waals surface area (Å²) in [6.07, 6.45) is 6.26. The predicted octanol–water partition coefficient (Wildman–Crippen LogP) is 3.65. The van der Waals surface area contributed by atoms with Gasteiger partial charge in [0.1, 0.15) is 5.82 Å². The van der Waals surface area contributed by atoms with Gasteiger partial charge in [-0.25, -0.2) is 4.39 Å². The van der Waals surface area contributed by atoms with Gasteiger partial charge in [-0.2, -0.15) is 0 Å². The Kier molecular flexibility index (Phi) is 4.98. The Balaban J connectivity index is 2.81. The summed E-state index contributed by atoms with van der Waals surface area (Å²) < 4.78 is 13.7. The maximum absolute atomic E-state index is 12.9. The lowest BCUT2D eigenvalue weighted by molar-refractivity contribution is 0.509. The Hall–Kier alpha value is -0.850. The van der Waals surface area contributed by atoms with Gasteiger partial charge in [0.05, 0.1) is 6.04 Å². The third kappa shape index (κ3) is 3.33. The smallest absolute Gasteiger partial charge is 0.124 e. The van der Waals surface area contributed by atoms with Crippen molar-refractivity contribution in [1.82, 2.24) is 5.32 Å². The van der Waals surface area contributed by atoms with Crippen LogP contribution in [0.2, 0.25) is 0 Å². The molecule has 0 saturated heterocycles. The molecule has 0 bridgehead atoms. The molecule has 0 spiro atoms. The van der Waals surface area contributed by atoms with Crippen molar-refractivity contribution in [2.24, 2.45) is 0 Å². The Morgan fingerprint density at radius 2 is 2.25 bits per heavy atom. The van der Waals surface area contributed by atoms with Crippen LogP contribution in [0.15, 0.2) is 22.7 Å². The van der Waals surface area contributed by atoms with Gasteiger partial charge in [-0.15, -0.1) is 6.42 Å². The fourth-order valence-corrected chi connectivity index (χ4v) is 2.22. The minimum atomic E-state index is -0.244. The molecule has 0 saturated carbocycles. The van der Waals surface area contributed by atoms with Crippen LogP contribution in [0.25, 0.3) is 0 Å². The Bertz CT molecular complexity index is 397. The number of hydrogen-bond acceptors (Lipinski definition) is 1. The normalized spacial score (nSPS) is 14.2. The number of rotatable bonds is 4. The monoisotopic (exact) mass is 283 g/mol. The highest BCUT2D eigenvalue weighted by atomic mass is 79.9. The Labute approximate surface area is 105 Å². The zero-order valence-electron chi connectivity index (χ0n) is 9.43. The molecule has 0 heterocycles. The molecule has 1 N–H and O–H groups in total. The fourth-order valence-electron chi connectivity index (χ4n) is 1.53. The summed E-state index contributed by atoms with van der Waals surface area (Å²) in [4.78, 5) is 0. The predicted molar refractivity (Wildman–Crippen MR) is 68.6 cm³/mol. The van der Waals surface area contributed by atoms with Crippen LogP contribution in [0, 0.1) is 18.2 Å². The van der Waals surface area contributed by atoms with Gasteiger partial charge < -0.3 is 0 Å². The fraction of sp³-hybridized carbons (Fsp3) is 0.385. The van der Waals surface area contributed by atoms with Crippen molar-refractivity contribution in [3.05, 3.63) is 34.1 Å². The molecule has 0 amide bonds. The number of hydrogen-bond donors (Lipinski definition) is 1. The molecule has 0 radical (unpaired) electrons. The van der Waals surface area contributed by atoms with Crippen molar-refractivity contribution in [1.29, 1.82) is 0 Å². The highest BCUT2D eigenvalue weighted by Crippen LogP contribution is 2.24. The summed E-state index contributed by atoms with van der Waals surface area (Å²) in [5, 5.41) is 3.30. The van der Waals surface area contributed by atoms with E-state index >= 15 is 0 Å². The molecule has 2 atom stereocenters. The second kappa shape index (κ2) is 6.03. The first-order chi connectivity index (χ1) is 7.58. The van der Waals surface area contributed by atoms with Crippen LogP contribution in [0.1, 0.15) is 31.9 Å². The number of benzene rings is 1. The van der Waals surface area contributed by atoms with Gasteiger partial charge in [0.15, 0.2) is 0 Å². The summed E-state index contributed by atoms with van der Waals surface area (Å²) in [5.74, 6) is 2.44. The molecule has 0 fully saturated rings. The van der Waals surface area contributed by atoms with Crippen LogP contribution in [0.3, 0.4) is 0 Å². The summed E-state index contributed by atoms with van der Waals surface area (Å²) >= 11 is 3.35. The summed E-state index contributed by atoms with van der Waals surface area (Å²) in [5.41, 5.74) is 1.01. The van der Waals surface area contributed by atoms with Gasteiger partial charge in [0.25, 0.3) is 0 Å². The molecular weight excluding hydrogens is 269 g/mol. The van der Waals surface area contributed by atoms with E-state index < -0.39 is 0 Å². The lowest BCUT2D eigenvalue weighted by atomic mass is 10.1. The molecule has 1 rings (SSSR count). The highest BCUT2D eigenvalue weighted by molar-refractivity contribution is 9.10. The van der Waals surface area contributed by atoms with Gasteiger partial charge in [-0.1, -0.05) is 34.8 Å². The molecular formula is C13H15BrFN. The van der Waals surface area contributed by atoms with E-state index in [9.17, 15) is 4.39 Å². The van der Waals surface area contributed by atoms with Crippen LogP contribution in [0.4, 0.5) is 4.39 Å². The standard InChI is InChI=1S/C13H15BrFN/c1-4-11(5-2)16-9(3)12-7-6-10(15)8-13(12)14/h1,6-9,11,16H,5H2,2-3H3. The van der Waals surface area contributed by atoms with E-state index in [2.05, 4.69) is 27.2 Å². The van der Waals surface area contributed by atoms with Gasteiger partial charge in [-0.3, -0.25) is 5.32 Å². The number of halogens is 2. The molecule has 1 aromatic rings. The molecule has 0 aliphatic rings. The van der Waals surface area contributed by atoms with E-state index in [4.69, 9.17) is 6.42 Å². The van der Waals surface area contributed by atoms with Crippen LogP contribution in [-0.4, -0.2) is 6.04 Å². The average molecular weight is 284 g/mol. The largest absolute Gasteiger partial charge is 0.297 e. The average Bonchev–Trinajstić information content (AvgIpc) is 2.25. The minimum absolute atomic E-state index is 0.0481. The first kappa shape index (κ1) is 13.2. The van der Waals surface area contributed by atoms with Crippen LogP contribution in [0.5, 0.6) is 0 Å². The zero-order chi connectivity index (χ0) is 12.1. The molecule has 0 aliphatic heterocycles. The Morgan fingerprint density at radius 1 is 1.56 bits per heavy atom. The van der Waals surface area contributed by atoms with Crippen LogP contribution < -0.4 is 5.32 Å². The molecule has 2 unspecified atom stereocenters. The highest BCUT2D eigenvalue weighted by Gasteiger charge is 2.12. The number of terminal acetylenes is 1. The topological polar surface area (TPSA) is 12.0 Å². The summed E-state index contributed by atoms with van der Waals surface area (Å²) in [6, 6.07) is 4.82. The molecule has 1 nitrogen and oxygen atoms in total. The van der Waals surface area contributed by atoms with Gasteiger partial charge >= 0.3 is 0 Å². The summed E-state index contributed by atoms with van der Waals surface area (Å²) in [6.45, 7) is 4.04. The SMILES string of the molecule is C#CC(CC)NC(C)c1ccc(F)cc1Br. The van der Waals surface area contributed by atoms with E-state index in [1.54, 1.807) is 6.07 Å². The van der Waals surface area contributed by atoms with Crippen molar-refractivity contribution < 1.29 is 4.39 Å². The lowest BCUT2D eigenvalue weighted by Crippen LogP contribution is -2.29. The maximum atomic E-state index is 12.9. The van der Waals surface area contributed by atoms with E-state index in [1.165, 1.54) is 12.1 Å². The first-order valence-corrected chi connectivity index (χ1v) is 6.05. The quantitative estimate of drug-likeness (QED) is 0.832. The molecule has 0 aliphatic carbocycles. The number of nitrogens with one attached hydrogen (secondary N) is 1. The van der Waals surface area contributed by atoms with E-state index in [1.807, 2.05) is 13.8 Å². The summed E-state index contributed by atoms with van der Waals surface area (Å²) in [7, 11) is 0. The molecule has 86 valence electrons. The molecule has 0 aromatic heterocycles. The third-order valence-electron chi connectivity index (χ3n) is 2.49. The van der Waals surface area contributed by atoms with Crippen molar-refractivity contribution in [3.8, 4) is 12.3 Å². The van der Waals surface area contributed by atoms with Crippen LogP contribution in [-0.2, 0) is 0 Å². The van der Waals surface area contributed by atoms with Gasteiger partial charge in [0, 0.05) is 10.5 Å². The molecule has 1 aromatic carbocycles. The van der Waals surface area contributed by atoms with E-state index in [-0.39, 0.29) is 17.9 Å². The molecule has 16 heavy (non-hydrogen) atoms. The van der Waals surface area contributed by atoms with Crippen LogP contribution >= 0.6 is 15.9 Å².